The third-order valence-corrected chi connectivity index (χ3v) is 6.75. The minimum Gasteiger partial charge on any atom is -0.356 e. The molecule has 1 aromatic heterocycles. The number of thiophene rings is 1. The first-order chi connectivity index (χ1) is 10.5. The van der Waals surface area contributed by atoms with Gasteiger partial charge in [0.05, 0.1) is 5.75 Å². The SMILES string of the molecule is CN=C(NCCN1CCCS1(=O)=O)NCC(C)c1cccs1. The van der Waals surface area contributed by atoms with Gasteiger partial charge in [-0.25, -0.2) is 12.7 Å². The summed E-state index contributed by atoms with van der Waals surface area (Å²) < 4.78 is 25.0. The van der Waals surface area contributed by atoms with E-state index in [1.807, 2.05) is 0 Å². The summed E-state index contributed by atoms with van der Waals surface area (Å²) in [6.45, 7) is 4.65. The topological polar surface area (TPSA) is 73.8 Å². The van der Waals surface area contributed by atoms with Crippen LogP contribution in [0.3, 0.4) is 0 Å². The lowest BCUT2D eigenvalue weighted by atomic mass is 10.1. The molecule has 124 valence electrons. The number of nitrogens with one attached hydrogen (secondary N) is 2. The summed E-state index contributed by atoms with van der Waals surface area (Å²) in [6, 6.07) is 4.19. The van der Waals surface area contributed by atoms with Gasteiger partial charge >= 0.3 is 0 Å². The molecule has 0 aliphatic carbocycles. The molecule has 1 saturated heterocycles. The van der Waals surface area contributed by atoms with Crippen molar-refractivity contribution in [2.45, 2.75) is 19.3 Å². The summed E-state index contributed by atoms with van der Waals surface area (Å²) in [4.78, 5) is 5.51. The fourth-order valence-electron chi connectivity index (χ4n) is 2.38. The van der Waals surface area contributed by atoms with Crippen LogP contribution in [0.25, 0.3) is 0 Å². The van der Waals surface area contributed by atoms with Crippen molar-refractivity contribution >= 4 is 27.3 Å². The summed E-state index contributed by atoms with van der Waals surface area (Å²) >= 11 is 1.75. The van der Waals surface area contributed by atoms with E-state index >= 15 is 0 Å². The highest BCUT2D eigenvalue weighted by atomic mass is 32.2. The molecule has 2 heterocycles. The number of guanidine groups is 1. The summed E-state index contributed by atoms with van der Waals surface area (Å²) in [5.74, 6) is 1.40. The molecule has 2 N–H and O–H groups in total. The first-order valence-corrected chi connectivity index (χ1v) is 9.97. The molecule has 1 aromatic rings. The summed E-state index contributed by atoms with van der Waals surface area (Å²) in [5, 5.41) is 8.53. The number of sulfonamides is 1. The molecule has 0 bridgehead atoms. The van der Waals surface area contributed by atoms with Gasteiger partial charge in [-0.3, -0.25) is 4.99 Å². The molecule has 1 aliphatic rings. The molecular formula is C14H24N4O2S2. The monoisotopic (exact) mass is 344 g/mol. The van der Waals surface area contributed by atoms with Crippen molar-refractivity contribution in [2.75, 3.05) is 39.0 Å². The second kappa shape index (κ2) is 7.94. The van der Waals surface area contributed by atoms with Crippen LogP contribution in [0.5, 0.6) is 0 Å². The van der Waals surface area contributed by atoms with E-state index in [1.54, 1.807) is 22.7 Å². The zero-order valence-electron chi connectivity index (χ0n) is 13.1. The van der Waals surface area contributed by atoms with Crippen molar-refractivity contribution in [3.63, 3.8) is 0 Å². The maximum Gasteiger partial charge on any atom is 0.214 e. The van der Waals surface area contributed by atoms with Crippen molar-refractivity contribution in [2.24, 2.45) is 4.99 Å². The Balaban J connectivity index is 1.71. The molecule has 0 radical (unpaired) electrons. The van der Waals surface area contributed by atoms with Gasteiger partial charge in [-0.2, -0.15) is 0 Å². The maximum absolute atomic E-state index is 11.7. The number of rotatable bonds is 6. The van der Waals surface area contributed by atoms with E-state index < -0.39 is 10.0 Å². The Morgan fingerprint density at radius 3 is 2.91 bits per heavy atom. The largest absolute Gasteiger partial charge is 0.356 e. The third-order valence-electron chi connectivity index (χ3n) is 3.69. The summed E-state index contributed by atoms with van der Waals surface area (Å²) in [7, 11) is -1.29. The predicted octanol–water partition coefficient (Wildman–Crippen LogP) is 1.05. The molecule has 1 fully saturated rings. The zero-order valence-corrected chi connectivity index (χ0v) is 14.7. The van der Waals surface area contributed by atoms with Crippen molar-refractivity contribution < 1.29 is 8.42 Å². The average Bonchev–Trinajstić information content (AvgIpc) is 3.12. The summed E-state index contributed by atoms with van der Waals surface area (Å²) in [6.07, 6.45) is 0.730. The Morgan fingerprint density at radius 1 is 1.50 bits per heavy atom. The Labute approximate surface area is 136 Å². The highest BCUT2D eigenvalue weighted by Gasteiger charge is 2.27. The number of hydrogen-bond donors (Lipinski definition) is 2. The van der Waals surface area contributed by atoms with Gasteiger partial charge in [0, 0.05) is 44.0 Å². The number of nitrogens with zero attached hydrogens (tertiary/aromatic N) is 2. The Hall–Kier alpha value is -1.12. The Bertz CT molecular complexity index is 584. The summed E-state index contributed by atoms with van der Waals surface area (Å²) in [5.41, 5.74) is 0. The Morgan fingerprint density at radius 2 is 2.32 bits per heavy atom. The zero-order chi connectivity index (χ0) is 16.0. The standard InChI is InChI=1S/C14H24N4O2S2/c1-12(13-5-3-9-21-13)11-17-14(15-2)16-6-8-18-7-4-10-22(18,19)20/h3,5,9,12H,4,6-8,10-11H2,1-2H3,(H2,15,16,17). The van der Waals surface area contributed by atoms with Crippen LogP contribution in [-0.4, -0.2) is 57.7 Å². The van der Waals surface area contributed by atoms with Gasteiger partial charge in [0.2, 0.25) is 10.0 Å². The normalized spacial score (nSPS) is 20.0. The van der Waals surface area contributed by atoms with Gasteiger partial charge < -0.3 is 10.6 Å². The van der Waals surface area contributed by atoms with Gasteiger partial charge in [-0.15, -0.1) is 11.3 Å². The molecule has 2 rings (SSSR count). The lowest BCUT2D eigenvalue weighted by Crippen LogP contribution is -2.42. The van der Waals surface area contributed by atoms with Gasteiger partial charge in [0.15, 0.2) is 5.96 Å². The molecule has 1 aliphatic heterocycles. The first kappa shape index (κ1) is 17.2. The van der Waals surface area contributed by atoms with Gasteiger partial charge in [0.25, 0.3) is 0 Å². The van der Waals surface area contributed by atoms with Crippen LogP contribution in [0.1, 0.15) is 24.1 Å². The molecule has 0 saturated carbocycles. The van der Waals surface area contributed by atoms with Crippen LogP contribution in [0.4, 0.5) is 0 Å². The maximum atomic E-state index is 11.7. The van der Waals surface area contributed by atoms with Gasteiger partial charge in [-0.1, -0.05) is 13.0 Å². The van der Waals surface area contributed by atoms with Crippen LogP contribution in [0.2, 0.25) is 0 Å². The van der Waals surface area contributed by atoms with Crippen LogP contribution < -0.4 is 10.6 Å². The molecule has 1 unspecified atom stereocenters. The lowest BCUT2D eigenvalue weighted by Gasteiger charge is -2.18. The minimum atomic E-state index is -3.01. The third kappa shape index (κ3) is 4.69. The van der Waals surface area contributed by atoms with Gasteiger partial charge in [-0.05, 0) is 17.9 Å². The molecule has 22 heavy (non-hydrogen) atoms. The number of aliphatic imine (C=N–C) groups is 1. The van der Waals surface area contributed by atoms with E-state index in [0.717, 1.165) is 13.0 Å². The molecule has 0 spiro atoms. The van der Waals surface area contributed by atoms with E-state index in [-0.39, 0.29) is 5.75 Å². The van der Waals surface area contributed by atoms with Crippen LogP contribution in [0, 0.1) is 0 Å². The van der Waals surface area contributed by atoms with Crippen molar-refractivity contribution in [1.82, 2.24) is 14.9 Å². The van der Waals surface area contributed by atoms with Gasteiger partial charge in [0.1, 0.15) is 0 Å². The highest BCUT2D eigenvalue weighted by Crippen LogP contribution is 2.19. The van der Waals surface area contributed by atoms with Crippen LogP contribution in [-0.2, 0) is 10.0 Å². The van der Waals surface area contributed by atoms with Crippen LogP contribution in [0.15, 0.2) is 22.5 Å². The van der Waals surface area contributed by atoms with E-state index in [1.165, 1.54) is 4.88 Å². The Kier molecular flexibility index (Phi) is 6.22. The van der Waals surface area contributed by atoms with E-state index in [9.17, 15) is 8.42 Å². The predicted molar refractivity (Wildman–Crippen MR) is 92.1 cm³/mol. The van der Waals surface area contributed by atoms with E-state index in [2.05, 4.69) is 40.1 Å². The molecule has 0 aromatic carbocycles. The molecule has 0 amide bonds. The quantitative estimate of drug-likeness (QED) is 0.598. The second-order valence-electron chi connectivity index (χ2n) is 5.36. The van der Waals surface area contributed by atoms with Crippen molar-refractivity contribution in [3.05, 3.63) is 22.4 Å². The molecular weight excluding hydrogens is 320 g/mol. The number of hydrogen-bond acceptors (Lipinski definition) is 4. The fraction of sp³-hybridized carbons (Fsp3) is 0.643. The minimum absolute atomic E-state index is 0.276. The van der Waals surface area contributed by atoms with E-state index in [4.69, 9.17) is 0 Å². The van der Waals surface area contributed by atoms with Crippen molar-refractivity contribution in [1.29, 1.82) is 0 Å². The molecule has 6 nitrogen and oxygen atoms in total. The smallest absolute Gasteiger partial charge is 0.214 e. The average molecular weight is 345 g/mol. The lowest BCUT2D eigenvalue weighted by molar-refractivity contribution is 0.445. The van der Waals surface area contributed by atoms with Crippen molar-refractivity contribution in [3.8, 4) is 0 Å². The highest BCUT2D eigenvalue weighted by molar-refractivity contribution is 7.89. The first-order valence-electron chi connectivity index (χ1n) is 7.48. The molecule has 8 heteroatoms. The fourth-order valence-corrected chi connectivity index (χ4v) is 4.70. The van der Waals surface area contributed by atoms with Crippen LogP contribution >= 0.6 is 11.3 Å². The molecule has 1 atom stereocenters. The van der Waals surface area contributed by atoms with E-state index in [0.29, 0.717) is 31.5 Å². The second-order valence-corrected chi connectivity index (χ2v) is 8.43.